The van der Waals surface area contributed by atoms with E-state index in [0.29, 0.717) is 12.5 Å². The van der Waals surface area contributed by atoms with E-state index in [-0.39, 0.29) is 0 Å². The first-order chi connectivity index (χ1) is 8.50. The SMILES string of the molecule is CC(C)=CCNCC(O)c1ccc(C(C)C)cc1. The first kappa shape index (κ1) is 14.9. The summed E-state index contributed by atoms with van der Waals surface area (Å²) in [5.41, 5.74) is 3.57. The lowest BCUT2D eigenvalue weighted by atomic mass is 10.00. The Morgan fingerprint density at radius 2 is 1.72 bits per heavy atom. The Morgan fingerprint density at radius 1 is 1.17 bits per heavy atom. The summed E-state index contributed by atoms with van der Waals surface area (Å²) in [6.07, 6.45) is 1.69. The van der Waals surface area contributed by atoms with Crippen LogP contribution in [0.5, 0.6) is 0 Å². The molecule has 0 aromatic heterocycles. The van der Waals surface area contributed by atoms with Crippen molar-refractivity contribution < 1.29 is 5.11 Å². The smallest absolute Gasteiger partial charge is 0.0914 e. The van der Waals surface area contributed by atoms with Gasteiger partial charge < -0.3 is 10.4 Å². The van der Waals surface area contributed by atoms with Gasteiger partial charge >= 0.3 is 0 Å². The summed E-state index contributed by atoms with van der Waals surface area (Å²) < 4.78 is 0. The number of hydrogen-bond donors (Lipinski definition) is 2. The molecule has 1 aromatic carbocycles. The third kappa shape index (κ3) is 5.03. The lowest BCUT2D eigenvalue weighted by molar-refractivity contribution is 0.176. The molecular formula is C16H25NO. The molecule has 0 spiro atoms. The summed E-state index contributed by atoms with van der Waals surface area (Å²) in [5.74, 6) is 0.534. The Morgan fingerprint density at radius 3 is 2.22 bits per heavy atom. The number of nitrogens with one attached hydrogen (secondary N) is 1. The number of allylic oxidation sites excluding steroid dienone is 1. The molecule has 0 saturated carbocycles. The Bertz CT molecular complexity index is 375. The van der Waals surface area contributed by atoms with Crippen LogP contribution >= 0.6 is 0 Å². The topological polar surface area (TPSA) is 32.3 Å². The molecule has 0 heterocycles. The monoisotopic (exact) mass is 247 g/mol. The zero-order valence-corrected chi connectivity index (χ0v) is 11.9. The summed E-state index contributed by atoms with van der Waals surface area (Å²) in [5, 5.41) is 13.3. The maximum absolute atomic E-state index is 10.0. The number of hydrogen-bond acceptors (Lipinski definition) is 2. The third-order valence-electron chi connectivity index (χ3n) is 2.98. The largest absolute Gasteiger partial charge is 0.387 e. The molecule has 2 N–H and O–H groups in total. The van der Waals surface area contributed by atoms with Gasteiger partial charge in [0.05, 0.1) is 6.10 Å². The van der Waals surface area contributed by atoms with E-state index in [1.165, 1.54) is 11.1 Å². The van der Waals surface area contributed by atoms with Gasteiger partial charge in [0.2, 0.25) is 0 Å². The Labute approximate surface area is 111 Å². The van der Waals surface area contributed by atoms with Gasteiger partial charge in [0.1, 0.15) is 0 Å². The maximum atomic E-state index is 10.0. The van der Waals surface area contributed by atoms with Crippen molar-refractivity contribution in [2.75, 3.05) is 13.1 Å². The van der Waals surface area contributed by atoms with Gasteiger partial charge in [-0.05, 0) is 30.9 Å². The van der Waals surface area contributed by atoms with Crippen molar-refractivity contribution >= 4 is 0 Å². The minimum absolute atomic E-state index is 0.434. The van der Waals surface area contributed by atoms with Crippen molar-refractivity contribution in [2.45, 2.75) is 39.7 Å². The van der Waals surface area contributed by atoms with Crippen LogP contribution < -0.4 is 5.32 Å². The Balaban J connectivity index is 2.46. The molecule has 0 fully saturated rings. The van der Waals surface area contributed by atoms with Gasteiger partial charge in [0.25, 0.3) is 0 Å². The Kier molecular flexibility index (Phi) is 6.10. The van der Waals surface area contributed by atoms with Crippen LogP contribution in [0.3, 0.4) is 0 Å². The van der Waals surface area contributed by atoms with E-state index in [0.717, 1.165) is 12.1 Å². The molecule has 0 aliphatic heterocycles. The van der Waals surface area contributed by atoms with Crippen molar-refractivity contribution in [3.05, 3.63) is 47.0 Å². The second-order valence-electron chi connectivity index (χ2n) is 5.28. The number of rotatable bonds is 6. The average Bonchev–Trinajstić information content (AvgIpc) is 2.34. The summed E-state index contributed by atoms with van der Waals surface area (Å²) in [4.78, 5) is 0. The fourth-order valence-corrected chi connectivity index (χ4v) is 1.72. The molecule has 1 unspecified atom stereocenters. The van der Waals surface area contributed by atoms with Crippen LogP contribution in [0.25, 0.3) is 0 Å². The summed E-state index contributed by atoms with van der Waals surface area (Å²) in [6.45, 7) is 9.89. The second-order valence-corrected chi connectivity index (χ2v) is 5.28. The fraction of sp³-hybridized carbons (Fsp3) is 0.500. The van der Waals surface area contributed by atoms with Crippen LogP contribution in [0.4, 0.5) is 0 Å². The highest BCUT2D eigenvalue weighted by molar-refractivity contribution is 5.26. The molecule has 1 rings (SSSR count). The summed E-state index contributed by atoms with van der Waals surface area (Å²) >= 11 is 0. The van der Waals surface area contributed by atoms with Crippen molar-refractivity contribution in [3.63, 3.8) is 0 Å². The quantitative estimate of drug-likeness (QED) is 0.596. The normalized spacial score (nSPS) is 12.6. The van der Waals surface area contributed by atoms with Crippen molar-refractivity contribution in [3.8, 4) is 0 Å². The molecule has 1 aromatic rings. The molecule has 2 heteroatoms. The van der Waals surface area contributed by atoms with Gasteiger partial charge in [-0.1, -0.05) is 49.8 Å². The van der Waals surface area contributed by atoms with E-state index < -0.39 is 6.10 Å². The zero-order chi connectivity index (χ0) is 13.5. The van der Waals surface area contributed by atoms with Crippen molar-refractivity contribution in [1.82, 2.24) is 5.32 Å². The molecule has 0 bridgehead atoms. The standard InChI is InChI=1S/C16H25NO/c1-12(2)9-10-17-11-16(18)15-7-5-14(6-8-15)13(3)4/h5-9,13,16-18H,10-11H2,1-4H3. The second kappa shape index (κ2) is 7.34. The van der Waals surface area contributed by atoms with Gasteiger partial charge in [-0.3, -0.25) is 0 Å². The van der Waals surface area contributed by atoms with Gasteiger partial charge in [-0.25, -0.2) is 0 Å². The van der Waals surface area contributed by atoms with Gasteiger partial charge in [0.15, 0.2) is 0 Å². The third-order valence-corrected chi connectivity index (χ3v) is 2.98. The molecular weight excluding hydrogens is 222 g/mol. The van der Waals surface area contributed by atoms with Crippen LogP contribution in [-0.2, 0) is 0 Å². The van der Waals surface area contributed by atoms with Gasteiger partial charge in [-0.2, -0.15) is 0 Å². The first-order valence-electron chi connectivity index (χ1n) is 6.62. The molecule has 0 aliphatic carbocycles. The molecule has 2 nitrogen and oxygen atoms in total. The van der Waals surface area contributed by atoms with E-state index in [2.05, 4.69) is 51.2 Å². The zero-order valence-electron chi connectivity index (χ0n) is 11.9. The predicted octanol–water partition coefficient (Wildman–Crippen LogP) is 3.40. The highest BCUT2D eigenvalue weighted by Crippen LogP contribution is 2.18. The molecule has 0 amide bonds. The molecule has 18 heavy (non-hydrogen) atoms. The van der Waals surface area contributed by atoms with Crippen LogP contribution in [0.1, 0.15) is 50.8 Å². The Hall–Kier alpha value is -1.12. The maximum Gasteiger partial charge on any atom is 0.0914 e. The van der Waals surface area contributed by atoms with Crippen molar-refractivity contribution in [2.24, 2.45) is 0 Å². The highest BCUT2D eigenvalue weighted by atomic mass is 16.3. The number of aliphatic hydroxyl groups is 1. The van der Waals surface area contributed by atoms with E-state index in [1.54, 1.807) is 0 Å². The van der Waals surface area contributed by atoms with Crippen LogP contribution in [0.15, 0.2) is 35.9 Å². The van der Waals surface area contributed by atoms with Gasteiger partial charge in [-0.15, -0.1) is 0 Å². The summed E-state index contributed by atoms with van der Waals surface area (Å²) in [7, 11) is 0. The fourth-order valence-electron chi connectivity index (χ4n) is 1.72. The highest BCUT2D eigenvalue weighted by Gasteiger charge is 2.07. The van der Waals surface area contributed by atoms with E-state index in [9.17, 15) is 5.11 Å². The van der Waals surface area contributed by atoms with Crippen LogP contribution in [0, 0.1) is 0 Å². The number of benzene rings is 1. The van der Waals surface area contributed by atoms with E-state index in [1.807, 2.05) is 12.1 Å². The average molecular weight is 247 g/mol. The minimum Gasteiger partial charge on any atom is -0.387 e. The van der Waals surface area contributed by atoms with Gasteiger partial charge in [0, 0.05) is 13.1 Å². The number of aliphatic hydroxyl groups excluding tert-OH is 1. The van der Waals surface area contributed by atoms with Crippen LogP contribution in [-0.4, -0.2) is 18.2 Å². The molecule has 0 aliphatic rings. The molecule has 0 radical (unpaired) electrons. The lowest BCUT2D eigenvalue weighted by Crippen LogP contribution is -2.21. The first-order valence-corrected chi connectivity index (χ1v) is 6.62. The van der Waals surface area contributed by atoms with Crippen LogP contribution in [0.2, 0.25) is 0 Å². The lowest BCUT2D eigenvalue weighted by Gasteiger charge is -2.13. The molecule has 1 atom stereocenters. The minimum atomic E-state index is -0.434. The molecule has 100 valence electrons. The molecule has 0 saturated heterocycles. The van der Waals surface area contributed by atoms with E-state index >= 15 is 0 Å². The van der Waals surface area contributed by atoms with E-state index in [4.69, 9.17) is 0 Å². The predicted molar refractivity (Wildman–Crippen MR) is 77.8 cm³/mol. The van der Waals surface area contributed by atoms with Crippen molar-refractivity contribution in [1.29, 1.82) is 0 Å². The summed E-state index contributed by atoms with van der Waals surface area (Å²) in [6, 6.07) is 8.23.